The zero-order valence-corrected chi connectivity index (χ0v) is 11.9. The summed E-state index contributed by atoms with van der Waals surface area (Å²) in [6.45, 7) is 5.75. The lowest BCUT2D eigenvalue weighted by Gasteiger charge is -2.23. The molecule has 0 saturated carbocycles. The summed E-state index contributed by atoms with van der Waals surface area (Å²) in [5.41, 5.74) is 5.31. The highest BCUT2D eigenvalue weighted by Gasteiger charge is 2.25. The van der Waals surface area contributed by atoms with E-state index in [0.29, 0.717) is 5.82 Å². The highest BCUT2D eigenvalue weighted by atomic mass is 16.3. The molecule has 0 bridgehead atoms. The molecule has 106 valence electrons. The summed E-state index contributed by atoms with van der Waals surface area (Å²) in [4.78, 5) is 11.1. The van der Waals surface area contributed by atoms with Crippen LogP contribution in [-0.4, -0.2) is 33.8 Å². The van der Waals surface area contributed by atoms with Crippen molar-refractivity contribution in [3.05, 3.63) is 11.9 Å². The molecule has 1 atom stereocenters. The molecule has 0 aliphatic carbocycles. The van der Waals surface area contributed by atoms with Crippen LogP contribution >= 0.6 is 0 Å². The maximum atomic E-state index is 10.1. The molecule has 1 fully saturated rings. The number of anilines is 2. The molecule has 3 N–H and O–H groups in total. The second kappa shape index (κ2) is 5.74. The molecular weight excluding hydrogens is 240 g/mol. The zero-order chi connectivity index (χ0) is 13.9. The molecule has 1 aliphatic rings. The second-order valence-electron chi connectivity index (χ2n) is 5.65. The van der Waals surface area contributed by atoms with Crippen LogP contribution in [0.2, 0.25) is 0 Å². The van der Waals surface area contributed by atoms with Crippen LogP contribution in [0.15, 0.2) is 6.07 Å². The van der Waals surface area contributed by atoms with Crippen molar-refractivity contribution >= 4 is 11.6 Å². The number of nitrogens with two attached hydrogens (primary N) is 1. The summed E-state index contributed by atoms with van der Waals surface area (Å²) in [6, 6.07) is 1.83. The quantitative estimate of drug-likeness (QED) is 0.870. The fourth-order valence-electron chi connectivity index (χ4n) is 2.49. The van der Waals surface area contributed by atoms with Gasteiger partial charge in [0, 0.05) is 25.6 Å². The summed E-state index contributed by atoms with van der Waals surface area (Å²) in [6.07, 6.45) is 4.44. The first-order chi connectivity index (χ1) is 9.00. The van der Waals surface area contributed by atoms with Crippen LogP contribution in [0.4, 0.5) is 11.6 Å². The van der Waals surface area contributed by atoms with E-state index in [9.17, 15) is 5.11 Å². The van der Waals surface area contributed by atoms with Crippen LogP contribution in [0.1, 0.15) is 45.4 Å². The minimum Gasteiger partial charge on any atom is -0.390 e. The summed E-state index contributed by atoms with van der Waals surface area (Å²) < 4.78 is 0. The molecule has 19 heavy (non-hydrogen) atoms. The van der Waals surface area contributed by atoms with E-state index >= 15 is 0 Å². The summed E-state index contributed by atoms with van der Waals surface area (Å²) in [7, 11) is 0. The Morgan fingerprint density at radius 3 is 2.89 bits per heavy atom. The van der Waals surface area contributed by atoms with Gasteiger partial charge < -0.3 is 15.7 Å². The van der Waals surface area contributed by atoms with E-state index in [4.69, 9.17) is 5.73 Å². The Kier molecular flexibility index (Phi) is 4.24. The largest absolute Gasteiger partial charge is 0.390 e. The zero-order valence-electron chi connectivity index (χ0n) is 11.9. The van der Waals surface area contributed by atoms with Crippen molar-refractivity contribution in [2.24, 2.45) is 0 Å². The number of aromatic nitrogens is 2. The molecule has 0 radical (unpaired) electrons. The van der Waals surface area contributed by atoms with Gasteiger partial charge in [-0.1, -0.05) is 6.92 Å². The number of rotatable bonds is 3. The molecule has 1 saturated heterocycles. The number of hydrogen-bond acceptors (Lipinski definition) is 5. The Balaban J connectivity index is 2.16. The van der Waals surface area contributed by atoms with Gasteiger partial charge >= 0.3 is 0 Å². The number of aliphatic hydroxyl groups is 1. The molecular formula is C14H24N4O. The van der Waals surface area contributed by atoms with E-state index in [0.717, 1.165) is 56.8 Å². The van der Waals surface area contributed by atoms with Crippen LogP contribution in [0.25, 0.3) is 0 Å². The van der Waals surface area contributed by atoms with E-state index in [2.05, 4.69) is 21.8 Å². The van der Waals surface area contributed by atoms with Crippen LogP contribution in [0, 0.1) is 0 Å². The van der Waals surface area contributed by atoms with Crippen LogP contribution in [0.5, 0.6) is 0 Å². The standard InChI is InChI=1S/C14H24N4O/c1-3-5-12-16-11(15)10-13(17-12)18-8-4-6-14(2,19)7-9-18/h10,19H,3-9H2,1-2H3,(H2,15,16,17). The molecule has 2 heterocycles. The third-order valence-corrected chi connectivity index (χ3v) is 3.64. The number of aryl methyl sites for hydroxylation is 1. The van der Waals surface area contributed by atoms with Gasteiger partial charge in [-0.3, -0.25) is 0 Å². The minimum absolute atomic E-state index is 0.532. The maximum Gasteiger partial charge on any atom is 0.134 e. The molecule has 5 nitrogen and oxygen atoms in total. The monoisotopic (exact) mass is 264 g/mol. The molecule has 1 aliphatic heterocycles. The van der Waals surface area contributed by atoms with Gasteiger partial charge in [0.15, 0.2) is 0 Å². The highest BCUT2D eigenvalue weighted by Crippen LogP contribution is 2.25. The number of nitrogen functional groups attached to an aromatic ring is 1. The van der Waals surface area contributed by atoms with Crippen LogP contribution in [-0.2, 0) is 6.42 Å². The van der Waals surface area contributed by atoms with Gasteiger partial charge in [-0.25, -0.2) is 9.97 Å². The highest BCUT2D eigenvalue weighted by molar-refractivity contribution is 5.47. The number of hydrogen-bond donors (Lipinski definition) is 2. The van der Waals surface area contributed by atoms with Gasteiger partial charge in [0.2, 0.25) is 0 Å². The predicted octanol–water partition coefficient (Wildman–Crippen LogP) is 1.75. The van der Waals surface area contributed by atoms with Crippen molar-refractivity contribution in [1.82, 2.24) is 9.97 Å². The third-order valence-electron chi connectivity index (χ3n) is 3.64. The predicted molar refractivity (Wildman–Crippen MR) is 77.1 cm³/mol. The first-order valence-electron chi connectivity index (χ1n) is 7.11. The average Bonchev–Trinajstić information content (AvgIpc) is 2.50. The Hall–Kier alpha value is -1.36. The average molecular weight is 264 g/mol. The van der Waals surface area contributed by atoms with Gasteiger partial charge in [-0.05, 0) is 32.6 Å². The van der Waals surface area contributed by atoms with Crippen molar-refractivity contribution in [1.29, 1.82) is 0 Å². The van der Waals surface area contributed by atoms with Gasteiger partial charge in [0.1, 0.15) is 17.5 Å². The van der Waals surface area contributed by atoms with E-state index in [1.54, 1.807) is 0 Å². The van der Waals surface area contributed by atoms with Crippen LogP contribution < -0.4 is 10.6 Å². The Labute approximate surface area is 114 Å². The first kappa shape index (κ1) is 14.1. The fraction of sp³-hybridized carbons (Fsp3) is 0.714. The Bertz CT molecular complexity index is 433. The van der Waals surface area contributed by atoms with E-state index in [-0.39, 0.29) is 0 Å². The van der Waals surface area contributed by atoms with Crippen molar-refractivity contribution in [3.63, 3.8) is 0 Å². The SMILES string of the molecule is CCCc1nc(N)cc(N2CCCC(C)(O)CC2)n1. The van der Waals surface area contributed by atoms with Gasteiger partial charge in [-0.15, -0.1) is 0 Å². The first-order valence-corrected chi connectivity index (χ1v) is 7.11. The smallest absolute Gasteiger partial charge is 0.134 e. The minimum atomic E-state index is -0.556. The van der Waals surface area contributed by atoms with E-state index in [1.165, 1.54) is 0 Å². The van der Waals surface area contributed by atoms with Gasteiger partial charge in [-0.2, -0.15) is 0 Å². The summed E-state index contributed by atoms with van der Waals surface area (Å²) >= 11 is 0. The second-order valence-corrected chi connectivity index (χ2v) is 5.65. The van der Waals surface area contributed by atoms with Crippen molar-refractivity contribution in [2.45, 2.75) is 51.6 Å². The normalized spacial score (nSPS) is 24.3. The third kappa shape index (κ3) is 3.80. The van der Waals surface area contributed by atoms with Gasteiger partial charge in [0.05, 0.1) is 5.60 Å². The van der Waals surface area contributed by atoms with E-state index < -0.39 is 5.60 Å². The van der Waals surface area contributed by atoms with Crippen molar-refractivity contribution in [3.8, 4) is 0 Å². The molecule has 1 aromatic heterocycles. The molecule has 1 aromatic rings. The lowest BCUT2D eigenvalue weighted by Crippen LogP contribution is -2.29. The molecule has 0 spiro atoms. The van der Waals surface area contributed by atoms with E-state index in [1.807, 2.05) is 13.0 Å². The Morgan fingerprint density at radius 2 is 2.16 bits per heavy atom. The lowest BCUT2D eigenvalue weighted by atomic mass is 9.98. The molecule has 2 rings (SSSR count). The summed E-state index contributed by atoms with van der Waals surface area (Å²) in [5, 5.41) is 10.1. The maximum absolute atomic E-state index is 10.1. The molecule has 0 aromatic carbocycles. The van der Waals surface area contributed by atoms with Crippen molar-refractivity contribution in [2.75, 3.05) is 23.7 Å². The topological polar surface area (TPSA) is 75.3 Å². The summed E-state index contributed by atoms with van der Waals surface area (Å²) in [5.74, 6) is 2.24. The van der Waals surface area contributed by atoms with Crippen LogP contribution in [0.3, 0.4) is 0 Å². The Morgan fingerprint density at radius 1 is 1.37 bits per heavy atom. The van der Waals surface area contributed by atoms with Gasteiger partial charge in [0.25, 0.3) is 0 Å². The number of nitrogens with zero attached hydrogens (tertiary/aromatic N) is 3. The van der Waals surface area contributed by atoms with Crippen molar-refractivity contribution < 1.29 is 5.11 Å². The lowest BCUT2D eigenvalue weighted by molar-refractivity contribution is 0.0481. The molecule has 5 heteroatoms. The molecule has 1 unspecified atom stereocenters. The fourth-order valence-corrected chi connectivity index (χ4v) is 2.49. The molecule has 0 amide bonds.